The molecule has 1 aliphatic heterocycles. The molecule has 5 nitrogen and oxygen atoms in total. The number of aromatic nitrogens is 1. The van der Waals surface area contributed by atoms with Crippen LogP contribution in [0.2, 0.25) is 0 Å². The van der Waals surface area contributed by atoms with Crippen LogP contribution in [-0.4, -0.2) is 49.1 Å². The van der Waals surface area contributed by atoms with Gasteiger partial charge in [0, 0.05) is 39.4 Å². The lowest BCUT2D eigenvalue weighted by atomic mass is 10.0. The molecule has 0 amide bonds. The SMILES string of the molecule is CN=C(NCCNc1ncccc1C(F)(F)F)N1CCCC(C)C1.I. The van der Waals surface area contributed by atoms with Crippen molar-refractivity contribution in [3.8, 4) is 0 Å². The number of halogens is 4. The highest BCUT2D eigenvalue weighted by Crippen LogP contribution is 2.33. The van der Waals surface area contributed by atoms with Gasteiger partial charge in [-0.25, -0.2) is 4.98 Å². The van der Waals surface area contributed by atoms with E-state index in [-0.39, 0.29) is 29.8 Å². The number of hydrogen-bond donors (Lipinski definition) is 2. The van der Waals surface area contributed by atoms with E-state index in [0.717, 1.165) is 31.5 Å². The third-order valence-electron chi connectivity index (χ3n) is 3.98. The summed E-state index contributed by atoms with van der Waals surface area (Å²) in [6, 6.07) is 2.31. The number of hydrogen-bond acceptors (Lipinski definition) is 3. The first-order valence-corrected chi connectivity index (χ1v) is 8.13. The standard InChI is InChI=1S/C16H24F3N5.HI/c1-12-5-4-10-24(11-12)15(20-2)23-9-8-22-14-13(16(17,18)19)6-3-7-21-14;/h3,6-7,12H,4-5,8-11H2,1-2H3,(H,20,23)(H,21,22);1H. The molecule has 0 bridgehead atoms. The van der Waals surface area contributed by atoms with Crippen molar-refractivity contribution < 1.29 is 13.2 Å². The normalized spacial score (nSPS) is 18.5. The molecule has 25 heavy (non-hydrogen) atoms. The first kappa shape index (κ1) is 21.8. The molecule has 1 aromatic heterocycles. The van der Waals surface area contributed by atoms with E-state index in [0.29, 0.717) is 19.0 Å². The average Bonchev–Trinajstić information content (AvgIpc) is 2.54. The van der Waals surface area contributed by atoms with E-state index >= 15 is 0 Å². The molecule has 2 rings (SSSR count). The number of pyridine rings is 1. The number of likely N-dealkylation sites (tertiary alicyclic amines) is 1. The monoisotopic (exact) mass is 471 g/mol. The Kier molecular flexibility index (Phi) is 8.74. The Morgan fingerprint density at radius 1 is 1.40 bits per heavy atom. The zero-order chi connectivity index (χ0) is 17.6. The average molecular weight is 471 g/mol. The molecule has 1 saturated heterocycles. The van der Waals surface area contributed by atoms with E-state index in [1.807, 2.05) is 0 Å². The lowest BCUT2D eigenvalue weighted by Crippen LogP contribution is -2.47. The van der Waals surface area contributed by atoms with Crippen molar-refractivity contribution in [1.82, 2.24) is 15.2 Å². The van der Waals surface area contributed by atoms with Crippen molar-refractivity contribution in [2.24, 2.45) is 10.9 Å². The van der Waals surface area contributed by atoms with Crippen LogP contribution in [0, 0.1) is 5.92 Å². The van der Waals surface area contributed by atoms with Gasteiger partial charge in [-0.3, -0.25) is 4.99 Å². The molecule has 0 saturated carbocycles. The van der Waals surface area contributed by atoms with Gasteiger partial charge < -0.3 is 15.5 Å². The second-order valence-corrected chi connectivity index (χ2v) is 5.99. The molecular weight excluding hydrogens is 446 g/mol. The predicted octanol–water partition coefficient (Wildman–Crippen LogP) is 3.44. The van der Waals surface area contributed by atoms with Crippen molar-refractivity contribution in [2.45, 2.75) is 25.9 Å². The molecule has 0 radical (unpaired) electrons. The lowest BCUT2D eigenvalue weighted by molar-refractivity contribution is -0.137. The number of alkyl halides is 3. The first-order valence-electron chi connectivity index (χ1n) is 8.13. The maximum absolute atomic E-state index is 12.9. The van der Waals surface area contributed by atoms with Gasteiger partial charge >= 0.3 is 6.18 Å². The summed E-state index contributed by atoms with van der Waals surface area (Å²) in [6.45, 7) is 4.90. The molecule has 0 aromatic carbocycles. The van der Waals surface area contributed by atoms with Crippen LogP contribution in [0.5, 0.6) is 0 Å². The maximum atomic E-state index is 12.9. The second kappa shape index (κ2) is 10.0. The minimum atomic E-state index is -4.41. The molecule has 1 aromatic rings. The van der Waals surface area contributed by atoms with Gasteiger partial charge in [-0.1, -0.05) is 6.92 Å². The van der Waals surface area contributed by atoms with Crippen LogP contribution in [0.1, 0.15) is 25.3 Å². The molecule has 0 aliphatic carbocycles. The van der Waals surface area contributed by atoms with Gasteiger partial charge in [-0.2, -0.15) is 13.2 Å². The minimum Gasteiger partial charge on any atom is -0.368 e. The zero-order valence-corrected chi connectivity index (χ0v) is 16.8. The Balaban J connectivity index is 0.00000312. The number of rotatable bonds is 4. The van der Waals surface area contributed by atoms with Crippen LogP contribution in [0.3, 0.4) is 0 Å². The Morgan fingerprint density at radius 3 is 2.80 bits per heavy atom. The van der Waals surface area contributed by atoms with Gasteiger partial charge in [0.25, 0.3) is 0 Å². The van der Waals surface area contributed by atoms with Gasteiger partial charge in [0.2, 0.25) is 0 Å². The number of piperidine rings is 1. The fourth-order valence-electron chi connectivity index (χ4n) is 2.84. The lowest BCUT2D eigenvalue weighted by Gasteiger charge is -2.33. The Morgan fingerprint density at radius 2 is 2.16 bits per heavy atom. The van der Waals surface area contributed by atoms with Crippen LogP contribution in [0.25, 0.3) is 0 Å². The number of nitrogens with zero attached hydrogens (tertiary/aromatic N) is 3. The van der Waals surface area contributed by atoms with Crippen LogP contribution in [0.15, 0.2) is 23.3 Å². The van der Waals surface area contributed by atoms with Crippen molar-refractivity contribution in [2.75, 3.05) is 38.5 Å². The molecule has 2 N–H and O–H groups in total. The van der Waals surface area contributed by atoms with Crippen LogP contribution in [0.4, 0.5) is 19.0 Å². The summed E-state index contributed by atoms with van der Waals surface area (Å²) < 4.78 is 38.7. The van der Waals surface area contributed by atoms with Gasteiger partial charge in [0.1, 0.15) is 5.82 Å². The summed E-state index contributed by atoms with van der Waals surface area (Å²) in [7, 11) is 1.72. The van der Waals surface area contributed by atoms with Crippen LogP contribution < -0.4 is 10.6 Å². The Labute approximate surface area is 163 Å². The molecule has 1 unspecified atom stereocenters. The zero-order valence-electron chi connectivity index (χ0n) is 14.4. The summed E-state index contributed by atoms with van der Waals surface area (Å²) in [5, 5.41) is 5.94. The molecule has 0 spiro atoms. The topological polar surface area (TPSA) is 52.6 Å². The molecule has 142 valence electrons. The summed E-state index contributed by atoms with van der Waals surface area (Å²) in [6.07, 6.45) is -0.721. The minimum absolute atomic E-state index is 0. The van der Waals surface area contributed by atoms with Gasteiger partial charge in [-0.05, 0) is 30.9 Å². The van der Waals surface area contributed by atoms with Gasteiger partial charge in [0.15, 0.2) is 5.96 Å². The molecular formula is C16H25F3IN5. The fourth-order valence-corrected chi connectivity index (χ4v) is 2.84. The van der Waals surface area contributed by atoms with E-state index in [1.165, 1.54) is 18.7 Å². The molecule has 1 aliphatic rings. The smallest absolute Gasteiger partial charge is 0.368 e. The summed E-state index contributed by atoms with van der Waals surface area (Å²) in [5.41, 5.74) is -0.751. The largest absolute Gasteiger partial charge is 0.419 e. The van der Waals surface area contributed by atoms with Crippen molar-refractivity contribution in [3.05, 3.63) is 23.9 Å². The van der Waals surface area contributed by atoms with E-state index in [2.05, 4.69) is 32.4 Å². The molecule has 2 heterocycles. The molecule has 9 heteroatoms. The predicted molar refractivity (Wildman–Crippen MR) is 104 cm³/mol. The summed E-state index contributed by atoms with van der Waals surface area (Å²) in [5.74, 6) is 1.27. The van der Waals surface area contributed by atoms with Crippen molar-refractivity contribution in [1.29, 1.82) is 0 Å². The number of guanidine groups is 1. The molecule has 1 fully saturated rings. The van der Waals surface area contributed by atoms with Gasteiger partial charge in [0.05, 0.1) is 5.56 Å². The number of nitrogens with one attached hydrogen (secondary N) is 2. The van der Waals surface area contributed by atoms with Crippen LogP contribution >= 0.6 is 24.0 Å². The third-order valence-corrected chi connectivity index (χ3v) is 3.98. The number of aliphatic imine (C=N–C) groups is 1. The fraction of sp³-hybridized carbons (Fsp3) is 0.625. The third kappa shape index (κ3) is 6.52. The van der Waals surface area contributed by atoms with Gasteiger partial charge in [-0.15, -0.1) is 24.0 Å². The summed E-state index contributed by atoms with van der Waals surface area (Å²) in [4.78, 5) is 10.2. The quantitative estimate of drug-likeness (QED) is 0.306. The van der Waals surface area contributed by atoms with Crippen molar-refractivity contribution in [3.63, 3.8) is 0 Å². The van der Waals surface area contributed by atoms with E-state index < -0.39 is 11.7 Å². The maximum Gasteiger partial charge on any atom is 0.419 e. The van der Waals surface area contributed by atoms with Crippen LogP contribution in [-0.2, 0) is 6.18 Å². The molecule has 1 atom stereocenters. The van der Waals surface area contributed by atoms with E-state index in [9.17, 15) is 13.2 Å². The number of anilines is 1. The van der Waals surface area contributed by atoms with E-state index in [4.69, 9.17) is 0 Å². The highest BCUT2D eigenvalue weighted by molar-refractivity contribution is 14.0. The Bertz CT molecular complexity index is 565. The highest BCUT2D eigenvalue weighted by Gasteiger charge is 2.33. The van der Waals surface area contributed by atoms with E-state index in [1.54, 1.807) is 7.05 Å². The summed E-state index contributed by atoms with van der Waals surface area (Å²) >= 11 is 0. The highest BCUT2D eigenvalue weighted by atomic mass is 127. The second-order valence-electron chi connectivity index (χ2n) is 5.99. The Hall–Kier alpha value is -1.26. The van der Waals surface area contributed by atoms with Crippen molar-refractivity contribution >= 4 is 35.8 Å². The first-order chi connectivity index (χ1) is 11.4.